The van der Waals surface area contributed by atoms with Crippen LogP contribution in [0.15, 0.2) is 71.8 Å². The Kier molecular flexibility index (Phi) is 6.32. The van der Waals surface area contributed by atoms with E-state index in [1.807, 2.05) is 0 Å². The van der Waals surface area contributed by atoms with Crippen molar-refractivity contribution in [2.24, 2.45) is 7.05 Å². The first-order chi connectivity index (χ1) is 16.6. The lowest BCUT2D eigenvalue weighted by Gasteiger charge is -2.13. The van der Waals surface area contributed by atoms with Crippen molar-refractivity contribution in [2.75, 3.05) is 10.6 Å². The van der Waals surface area contributed by atoms with Crippen LogP contribution in [0.4, 0.5) is 29.3 Å². The zero-order valence-corrected chi connectivity index (χ0v) is 18.5. The van der Waals surface area contributed by atoms with Crippen LogP contribution < -0.4 is 25.7 Å². The van der Waals surface area contributed by atoms with Crippen LogP contribution in [0.5, 0.6) is 17.2 Å². The van der Waals surface area contributed by atoms with Gasteiger partial charge in [-0.2, -0.15) is 0 Å². The maximum atomic E-state index is 12.4. The molecule has 8 nitrogen and oxygen atoms in total. The number of hydrogen-bond donors (Lipinski definition) is 2. The minimum absolute atomic E-state index is 0.123. The maximum Gasteiger partial charge on any atom is 0.573 e. The molecular weight excluding hydrogens is 465 g/mol. The number of nitrogens with one attached hydrogen (secondary N) is 2. The van der Waals surface area contributed by atoms with Crippen molar-refractivity contribution in [3.05, 3.63) is 82.9 Å². The molecule has 0 fully saturated rings. The summed E-state index contributed by atoms with van der Waals surface area (Å²) >= 11 is 0. The molecule has 0 aliphatic heterocycles. The van der Waals surface area contributed by atoms with Crippen LogP contribution in [0.3, 0.4) is 0 Å². The summed E-state index contributed by atoms with van der Waals surface area (Å²) in [6.45, 7) is 1.78. The zero-order chi connectivity index (χ0) is 25.2. The van der Waals surface area contributed by atoms with Gasteiger partial charge in [-0.05, 0) is 61.0 Å². The smallest absolute Gasteiger partial charge is 0.457 e. The molecule has 2 amide bonds. The minimum Gasteiger partial charge on any atom is -0.457 e. The van der Waals surface area contributed by atoms with Crippen molar-refractivity contribution in [1.29, 1.82) is 0 Å². The molecule has 35 heavy (non-hydrogen) atoms. The first-order valence-corrected chi connectivity index (χ1v) is 10.2. The third kappa shape index (κ3) is 5.88. The molecule has 0 unspecified atom stereocenters. The lowest BCUT2D eigenvalue weighted by Crippen LogP contribution is -2.20. The van der Waals surface area contributed by atoms with Gasteiger partial charge in [0.2, 0.25) is 0 Å². The molecule has 0 saturated carbocycles. The summed E-state index contributed by atoms with van der Waals surface area (Å²) in [5, 5.41) is 5.48. The van der Waals surface area contributed by atoms with Crippen molar-refractivity contribution in [3.8, 4) is 17.2 Å². The number of hydrogen-bond acceptors (Lipinski definition) is 5. The van der Waals surface area contributed by atoms with Gasteiger partial charge in [-0.3, -0.25) is 4.79 Å². The van der Waals surface area contributed by atoms with Crippen LogP contribution in [0.25, 0.3) is 10.9 Å². The number of nitrogens with zero attached hydrogens (tertiary/aromatic N) is 2. The number of ether oxygens (including phenoxy) is 2. The Morgan fingerprint density at radius 2 is 1.71 bits per heavy atom. The number of urea groups is 1. The van der Waals surface area contributed by atoms with Gasteiger partial charge < -0.3 is 24.7 Å². The molecular formula is C24H19F3N4O4. The fourth-order valence-electron chi connectivity index (χ4n) is 3.29. The Hall–Kier alpha value is -4.54. The van der Waals surface area contributed by atoms with E-state index < -0.39 is 18.1 Å². The molecule has 3 aromatic carbocycles. The van der Waals surface area contributed by atoms with Gasteiger partial charge in [0.05, 0.1) is 17.2 Å². The Bertz CT molecular complexity index is 1470. The third-order valence-corrected chi connectivity index (χ3v) is 4.87. The first kappa shape index (κ1) is 23.6. The fraction of sp³-hybridized carbons (Fsp3) is 0.125. The predicted octanol–water partition coefficient (Wildman–Crippen LogP) is 5.58. The molecule has 0 spiro atoms. The summed E-state index contributed by atoms with van der Waals surface area (Å²) in [6, 6.07) is 14.2. The van der Waals surface area contributed by atoms with Gasteiger partial charge in [-0.15, -0.1) is 13.2 Å². The molecule has 0 aliphatic carbocycles. The normalized spacial score (nSPS) is 11.2. The fourth-order valence-corrected chi connectivity index (χ4v) is 3.29. The Balaban J connectivity index is 1.44. The average Bonchev–Trinajstić information content (AvgIpc) is 2.77. The van der Waals surface area contributed by atoms with Crippen molar-refractivity contribution in [3.63, 3.8) is 0 Å². The predicted molar refractivity (Wildman–Crippen MR) is 124 cm³/mol. The van der Waals surface area contributed by atoms with Crippen LogP contribution in [0, 0.1) is 6.92 Å². The number of aryl methyl sites for hydroxylation is 2. The summed E-state index contributed by atoms with van der Waals surface area (Å²) in [7, 11) is 1.61. The van der Waals surface area contributed by atoms with E-state index in [9.17, 15) is 22.8 Å². The molecule has 180 valence electrons. The van der Waals surface area contributed by atoms with Crippen LogP contribution in [0.2, 0.25) is 0 Å². The van der Waals surface area contributed by atoms with Crippen molar-refractivity contribution >= 4 is 28.3 Å². The van der Waals surface area contributed by atoms with E-state index in [1.165, 1.54) is 23.0 Å². The number of carbonyl (C=O) groups excluding carboxylic acids is 1. The minimum atomic E-state index is -4.83. The van der Waals surface area contributed by atoms with Gasteiger partial charge in [0, 0.05) is 24.5 Å². The number of alkyl halides is 3. The molecule has 0 radical (unpaired) electrons. The monoisotopic (exact) mass is 484 g/mol. The number of carbonyl (C=O) groups is 1. The average molecular weight is 484 g/mol. The lowest BCUT2D eigenvalue weighted by molar-refractivity contribution is -0.274. The van der Waals surface area contributed by atoms with Crippen molar-refractivity contribution in [2.45, 2.75) is 13.3 Å². The second-order valence-electron chi connectivity index (χ2n) is 7.58. The largest absolute Gasteiger partial charge is 0.573 e. The highest BCUT2D eigenvalue weighted by Crippen LogP contribution is 2.29. The second-order valence-corrected chi connectivity index (χ2v) is 7.58. The molecule has 11 heteroatoms. The number of benzene rings is 3. The van der Waals surface area contributed by atoms with Crippen LogP contribution in [-0.4, -0.2) is 21.9 Å². The third-order valence-electron chi connectivity index (χ3n) is 4.87. The number of aromatic nitrogens is 2. The van der Waals surface area contributed by atoms with Gasteiger partial charge in [0.25, 0.3) is 5.56 Å². The number of halogens is 3. The van der Waals surface area contributed by atoms with Gasteiger partial charge in [0.1, 0.15) is 17.2 Å². The van der Waals surface area contributed by atoms with Crippen molar-refractivity contribution in [1.82, 2.24) is 9.55 Å². The van der Waals surface area contributed by atoms with E-state index >= 15 is 0 Å². The zero-order valence-electron chi connectivity index (χ0n) is 18.5. The topological polar surface area (TPSA) is 94.5 Å². The Labute approximate surface area is 196 Å². The molecule has 0 aliphatic rings. The van der Waals surface area contributed by atoms with Gasteiger partial charge >= 0.3 is 12.4 Å². The first-order valence-electron chi connectivity index (χ1n) is 10.2. The number of amides is 2. The highest BCUT2D eigenvalue weighted by atomic mass is 19.4. The molecule has 4 aromatic rings. The Morgan fingerprint density at radius 3 is 2.43 bits per heavy atom. The van der Waals surface area contributed by atoms with Gasteiger partial charge in [-0.25, -0.2) is 9.78 Å². The lowest BCUT2D eigenvalue weighted by atomic mass is 10.2. The molecule has 0 bridgehead atoms. The summed E-state index contributed by atoms with van der Waals surface area (Å²) < 4.78 is 48.3. The highest BCUT2D eigenvalue weighted by Gasteiger charge is 2.31. The SMILES string of the molecule is Cc1cc(NC(=O)Nc2cccc(OC(F)(F)F)c2)ccc1Oc1ccc2ncn(C)c(=O)c2c1. The molecule has 2 N–H and O–H groups in total. The summed E-state index contributed by atoms with van der Waals surface area (Å²) in [5.41, 5.74) is 1.61. The molecule has 1 aromatic heterocycles. The molecule has 0 atom stereocenters. The van der Waals surface area contributed by atoms with Gasteiger partial charge in [0.15, 0.2) is 0 Å². The molecule has 4 rings (SSSR count). The van der Waals surface area contributed by atoms with E-state index in [-0.39, 0.29) is 11.2 Å². The van der Waals surface area contributed by atoms with Crippen LogP contribution in [-0.2, 0) is 7.05 Å². The van der Waals surface area contributed by atoms with E-state index in [0.717, 1.165) is 12.1 Å². The molecule has 0 saturated heterocycles. The summed E-state index contributed by atoms with van der Waals surface area (Å²) in [4.78, 5) is 28.8. The van der Waals surface area contributed by atoms with Crippen molar-refractivity contribution < 1.29 is 27.4 Å². The second kappa shape index (κ2) is 9.37. The molecule has 1 heterocycles. The number of anilines is 2. The standard InChI is InChI=1S/C24H19F3N4O4/c1-14-10-16(30-23(33)29-15-4-3-5-18(11-15)35-24(25,26)27)6-9-21(14)34-17-7-8-20-19(12-17)22(32)31(2)13-28-20/h3-13H,1-2H3,(H2,29,30,33). The van der Waals surface area contributed by atoms with Crippen LogP contribution in [0.1, 0.15) is 5.56 Å². The van der Waals surface area contributed by atoms with E-state index in [2.05, 4.69) is 20.4 Å². The maximum absolute atomic E-state index is 12.4. The summed E-state index contributed by atoms with van der Waals surface area (Å²) in [6.07, 6.45) is -3.38. The van der Waals surface area contributed by atoms with E-state index in [0.29, 0.717) is 33.7 Å². The summed E-state index contributed by atoms with van der Waals surface area (Å²) in [5.74, 6) is 0.508. The number of rotatable bonds is 5. The quantitative estimate of drug-likeness (QED) is 0.386. The van der Waals surface area contributed by atoms with E-state index in [4.69, 9.17) is 4.74 Å². The highest BCUT2D eigenvalue weighted by molar-refractivity contribution is 6.00. The van der Waals surface area contributed by atoms with E-state index in [1.54, 1.807) is 50.4 Å². The van der Waals surface area contributed by atoms with Crippen LogP contribution >= 0.6 is 0 Å². The Morgan fingerprint density at radius 1 is 0.971 bits per heavy atom. The van der Waals surface area contributed by atoms with Gasteiger partial charge in [-0.1, -0.05) is 6.07 Å². The number of fused-ring (bicyclic) bond motifs is 1.